The zero-order valence-electron chi connectivity index (χ0n) is 23.2. The smallest absolute Gasteiger partial charge is 0.330 e. The third kappa shape index (κ3) is 7.12. The Morgan fingerprint density at radius 2 is 1.55 bits per heavy atom. The number of esters is 1. The topological polar surface area (TPSA) is 92.7 Å². The number of nitrogens with one attached hydrogen (secondary N) is 1. The summed E-state index contributed by atoms with van der Waals surface area (Å²) in [6.07, 6.45) is 4.05. The highest BCUT2D eigenvalue weighted by molar-refractivity contribution is 5.85. The lowest BCUT2D eigenvalue weighted by Gasteiger charge is -2.31. The maximum Gasteiger partial charge on any atom is 0.330 e. The number of hydrogen-bond donors (Lipinski definition) is 2. The van der Waals surface area contributed by atoms with Crippen LogP contribution in [0.25, 0.3) is 11.1 Å². The van der Waals surface area contributed by atoms with Crippen LogP contribution in [0.5, 0.6) is 0 Å². The fourth-order valence-corrected chi connectivity index (χ4v) is 5.25. The molecule has 2 aromatic rings. The van der Waals surface area contributed by atoms with Crippen LogP contribution >= 0.6 is 0 Å². The van der Waals surface area contributed by atoms with E-state index in [-0.39, 0.29) is 48.7 Å². The van der Waals surface area contributed by atoms with E-state index in [0.717, 1.165) is 24.0 Å². The lowest BCUT2D eigenvalue weighted by molar-refractivity contribution is -0.147. The van der Waals surface area contributed by atoms with Gasteiger partial charge in [-0.15, -0.1) is 0 Å². The lowest BCUT2D eigenvalue weighted by Crippen LogP contribution is -2.46. The monoisotopic (exact) mass is 519 g/mol. The van der Waals surface area contributed by atoms with Crippen LogP contribution in [0.2, 0.25) is 0 Å². The predicted molar refractivity (Wildman–Crippen MR) is 150 cm³/mol. The molecule has 0 spiro atoms. The number of aliphatic carboxylic acids is 1. The molecule has 6 heteroatoms. The van der Waals surface area contributed by atoms with Gasteiger partial charge in [-0.1, -0.05) is 88.7 Å². The molecule has 0 radical (unpaired) electrons. The maximum absolute atomic E-state index is 13.1. The van der Waals surface area contributed by atoms with Crippen molar-refractivity contribution in [3.8, 4) is 11.1 Å². The van der Waals surface area contributed by atoms with Crippen molar-refractivity contribution in [1.82, 2.24) is 5.32 Å². The van der Waals surface area contributed by atoms with E-state index in [4.69, 9.17) is 9.84 Å². The zero-order chi connectivity index (χ0) is 27.8. The summed E-state index contributed by atoms with van der Waals surface area (Å²) in [5, 5.41) is 12.2. The Balaban J connectivity index is 1.55. The summed E-state index contributed by atoms with van der Waals surface area (Å²) in [4.78, 5) is 36.9. The molecule has 0 heterocycles. The SMILES string of the molecule is CC[C@H](C)[C@@H](NC(=O)[C@@H](C)CC(=O)OCC1c2ccccc2-c2ccccc21)[C@@H](C)CC/C=C(\C)C(=O)O. The number of carbonyl (C=O) groups is 3. The van der Waals surface area contributed by atoms with Gasteiger partial charge in [-0.05, 0) is 53.9 Å². The summed E-state index contributed by atoms with van der Waals surface area (Å²) in [6, 6.07) is 16.3. The second kappa shape index (κ2) is 13.4. The van der Waals surface area contributed by atoms with E-state index in [1.165, 1.54) is 11.1 Å². The van der Waals surface area contributed by atoms with Crippen LogP contribution in [0.15, 0.2) is 60.2 Å². The van der Waals surface area contributed by atoms with Crippen molar-refractivity contribution in [1.29, 1.82) is 0 Å². The maximum atomic E-state index is 13.1. The molecule has 204 valence electrons. The first-order valence-electron chi connectivity index (χ1n) is 13.7. The van der Waals surface area contributed by atoms with Crippen molar-refractivity contribution in [2.45, 2.75) is 72.3 Å². The van der Waals surface area contributed by atoms with Crippen molar-refractivity contribution in [3.05, 3.63) is 71.3 Å². The number of carboxylic acids is 1. The van der Waals surface area contributed by atoms with E-state index in [2.05, 4.69) is 50.4 Å². The standard InChI is InChI=1S/C32H41NO5/c1-6-20(2)30(21(3)12-11-13-22(4)32(36)37)33-31(35)23(5)18-29(34)38-19-28-26-16-9-7-14-24(26)25-15-8-10-17-27(25)28/h7-10,13-17,20-21,23,28,30H,6,11-12,18-19H2,1-5H3,(H,33,35)(H,36,37)/b22-13+/t20-,21-,23-,30+/m0/s1. The van der Waals surface area contributed by atoms with Crippen LogP contribution in [0.1, 0.15) is 77.3 Å². The molecule has 0 saturated heterocycles. The number of allylic oxidation sites excluding steroid dienone is 1. The Hall–Kier alpha value is -3.41. The molecular formula is C32H41NO5. The highest BCUT2D eigenvalue weighted by atomic mass is 16.5. The van der Waals surface area contributed by atoms with Crippen molar-refractivity contribution in [3.63, 3.8) is 0 Å². The molecule has 0 aromatic heterocycles. The molecule has 2 N–H and O–H groups in total. The summed E-state index contributed by atoms with van der Waals surface area (Å²) in [6.45, 7) is 9.87. The number of carbonyl (C=O) groups excluding carboxylic acids is 2. The predicted octanol–water partition coefficient (Wildman–Crippen LogP) is 6.35. The Morgan fingerprint density at radius 3 is 2.11 bits per heavy atom. The molecule has 3 rings (SSSR count). The van der Waals surface area contributed by atoms with Crippen LogP contribution in [0, 0.1) is 17.8 Å². The highest BCUT2D eigenvalue weighted by Gasteiger charge is 2.30. The first-order chi connectivity index (χ1) is 18.1. The second-order valence-electron chi connectivity index (χ2n) is 10.7. The van der Waals surface area contributed by atoms with Gasteiger partial charge in [0.15, 0.2) is 0 Å². The third-order valence-electron chi connectivity index (χ3n) is 7.88. The summed E-state index contributed by atoms with van der Waals surface area (Å²) < 4.78 is 5.70. The normalized spacial score (nSPS) is 16.1. The van der Waals surface area contributed by atoms with E-state index < -0.39 is 11.9 Å². The van der Waals surface area contributed by atoms with Gasteiger partial charge >= 0.3 is 11.9 Å². The van der Waals surface area contributed by atoms with Crippen LogP contribution in [0.3, 0.4) is 0 Å². The number of rotatable bonds is 13. The average Bonchev–Trinajstić information content (AvgIpc) is 3.23. The van der Waals surface area contributed by atoms with Crippen molar-refractivity contribution in [2.75, 3.05) is 6.61 Å². The summed E-state index contributed by atoms with van der Waals surface area (Å²) in [5.74, 6) is -1.56. The van der Waals surface area contributed by atoms with Gasteiger partial charge in [-0.2, -0.15) is 0 Å². The molecule has 1 aliphatic rings. The van der Waals surface area contributed by atoms with Gasteiger partial charge in [-0.3, -0.25) is 9.59 Å². The Kier molecular flexibility index (Phi) is 10.3. The molecule has 4 atom stereocenters. The van der Waals surface area contributed by atoms with Crippen molar-refractivity contribution in [2.24, 2.45) is 17.8 Å². The molecule has 1 amide bonds. The van der Waals surface area contributed by atoms with Crippen LogP contribution in [-0.2, 0) is 19.1 Å². The molecule has 2 aromatic carbocycles. The molecule has 1 aliphatic carbocycles. The first-order valence-corrected chi connectivity index (χ1v) is 13.7. The molecule has 6 nitrogen and oxygen atoms in total. The van der Waals surface area contributed by atoms with Gasteiger partial charge in [-0.25, -0.2) is 4.79 Å². The molecule has 38 heavy (non-hydrogen) atoms. The molecule has 0 fully saturated rings. The zero-order valence-corrected chi connectivity index (χ0v) is 23.2. The fraction of sp³-hybridized carbons (Fsp3) is 0.469. The fourth-order valence-electron chi connectivity index (χ4n) is 5.25. The summed E-state index contributed by atoms with van der Waals surface area (Å²) in [5.41, 5.74) is 5.00. The van der Waals surface area contributed by atoms with E-state index >= 15 is 0 Å². The quantitative estimate of drug-likeness (QED) is 0.238. The highest BCUT2D eigenvalue weighted by Crippen LogP contribution is 2.44. The van der Waals surface area contributed by atoms with Crippen molar-refractivity contribution >= 4 is 17.8 Å². The van der Waals surface area contributed by atoms with E-state index in [1.807, 2.05) is 24.3 Å². The molecule has 0 bridgehead atoms. The summed E-state index contributed by atoms with van der Waals surface area (Å²) in [7, 11) is 0. The average molecular weight is 520 g/mol. The van der Waals surface area contributed by atoms with Crippen LogP contribution in [0.4, 0.5) is 0 Å². The lowest BCUT2D eigenvalue weighted by atomic mass is 9.85. The number of carboxylic acid groups (broad SMARTS) is 1. The van der Waals surface area contributed by atoms with Gasteiger partial charge in [0.05, 0.1) is 6.42 Å². The number of amides is 1. The number of fused-ring (bicyclic) bond motifs is 3. The van der Waals surface area contributed by atoms with Gasteiger partial charge in [0.25, 0.3) is 0 Å². The van der Waals surface area contributed by atoms with E-state index in [9.17, 15) is 14.4 Å². The third-order valence-corrected chi connectivity index (χ3v) is 7.88. The molecule has 0 saturated carbocycles. The van der Waals surface area contributed by atoms with Crippen molar-refractivity contribution < 1.29 is 24.2 Å². The Morgan fingerprint density at radius 1 is 0.974 bits per heavy atom. The number of benzene rings is 2. The second-order valence-corrected chi connectivity index (χ2v) is 10.7. The van der Waals surface area contributed by atoms with Crippen LogP contribution in [-0.4, -0.2) is 35.6 Å². The van der Waals surface area contributed by atoms with Crippen LogP contribution < -0.4 is 5.32 Å². The Labute approximate surface area is 226 Å². The van der Waals surface area contributed by atoms with Gasteiger partial charge in [0.2, 0.25) is 5.91 Å². The minimum Gasteiger partial charge on any atom is -0.478 e. The van der Waals surface area contributed by atoms with E-state index in [1.54, 1.807) is 19.9 Å². The summed E-state index contributed by atoms with van der Waals surface area (Å²) >= 11 is 0. The minimum absolute atomic E-state index is 0.00932. The van der Waals surface area contributed by atoms with Gasteiger partial charge < -0.3 is 15.2 Å². The van der Waals surface area contributed by atoms with E-state index in [0.29, 0.717) is 12.0 Å². The minimum atomic E-state index is -0.911. The largest absolute Gasteiger partial charge is 0.478 e. The Bertz CT molecular complexity index is 1120. The molecule has 0 unspecified atom stereocenters. The molecular weight excluding hydrogens is 478 g/mol. The number of hydrogen-bond acceptors (Lipinski definition) is 4. The van der Waals surface area contributed by atoms with Gasteiger partial charge in [0, 0.05) is 23.5 Å². The first kappa shape index (κ1) is 29.2. The number of ether oxygens (including phenoxy) is 1. The molecule has 0 aliphatic heterocycles. The van der Waals surface area contributed by atoms with Gasteiger partial charge in [0.1, 0.15) is 6.61 Å².